The standard InChI is InChI=1S/C17H18ClFN4O/c1-10-20-15(22-21-10)13-8-23(9-17(13)5-2-6-17)16(24)12-7-11(18)3-4-14(12)19/h3-4,7,13H,2,5-6,8-9H2,1H3,(H,20,21,22). The van der Waals surface area contributed by atoms with Crippen LogP contribution in [-0.2, 0) is 0 Å². The number of nitrogens with zero attached hydrogens (tertiary/aromatic N) is 3. The van der Waals surface area contributed by atoms with Gasteiger partial charge in [0.05, 0.1) is 5.56 Å². The third kappa shape index (κ3) is 2.40. The number of hydrogen-bond acceptors (Lipinski definition) is 3. The second-order valence-electron chi connectivity index (χ2n) is 6.86. The number of H-pyrrole nitrogens is 1. The number of likely N-dealkylation sites (tertiary alicyclic amines) is 1. The van der Waals surface area contributed by atoms with Crippen LogP contribution in [0.4, 0.5) is 4.39 Å². The van der Waals surface area contributed by atoms with Crippen molar-refractivity contribution in [2.75, 3.05) is 13.1 Å². The predicted octanol–water partition coefficient (Wildman–Crippen LogP) is 3.32. The number of benzene rings is 1. The minimum atomic E-state index is -0.538. The van der Waals surface area contributed by atoms with Gasteiger partial charge in [-0.25, -0.2) is 9.37 Å². The summed E-state index contributed by atoms with van der Waals surface area (Å²) in [6, 6.07) is 4.09. The number of hydrogen-bond donors (Lipinski definition) is 1. The number of aryl methyl sites for hydroxylation is 1. The van der Waals surface area contributed by atoms with Gasteiger partial charge in [-0.05, 0) is 43.4 Å². The lowest BCUT2D eigenvalue weighted by Crippen LogP contribution is -2.38. The fraction of sp³-hybridized carbons (Fsp3) is 0.471. The molecule has 0 radical (unpaired) electrons. The molecule has 1 aromatic heterocycles. The van der Waals surface area contributed by atoms with Crippen molar-refractivity contribution in [3.63, 3.8) is 0 Å². The second-order valence-corrected chi connectivity index (χ2v) is 7.29. The number of halogens is 2. The minimum absolute atomic E-state index is 0.0271. The normalized spacial score (nSPS) is 22.0. The second kappa shape index (κ2) is 5.55. The molecule has 2 aromatic rings. The number of carbonyl (C=O) groups excluding carboxylic acids is 1. The lowest BCUT2D eigenvalue weighted by atomic mass is 9.62. The molecule has 1 aromatic carbocycles. The number of aromatic amines is 1. The first-order valence-electron chi connectivity index (χ1n) is 8.12. The summed E-state index contributed by atoms with van der Waals surface area (Å²) in [6.07, 6.45) is 3.24. The van der Waals surface area contributed by atoms with Crippen molar-refractivity contribution in [3.8, 4) is 0 Å². The highest BCUT2D eigenvalue weighted by molar-refractivity contribution is 6.31. The van der Waals surface area contributed by atoms with E-state index in [1.165, 1.54) is 18.2 Å². The summed E-state index contributed by atoms with van der Waals surface area (Å²) in [4.78, 5) is 19.0. The van der Waals surface area contributed by atoms with Gasteiger partial charge in [0.1, 0.15) is 11.6 Å². The molecule has 126 valence electrons. The molecule has 1 atom stereocenters. The Kier molecular flexibility index (Phi) is 3.60. The molecule has 1 N–H and O–H groups in total. The lowest BCUT2D eigenvalue weighted by Gasteiger charge is -2.41. The van der Waals surface area contributed by atoms with Gasteiger partial charge in [0, 0.05) is 24.0 Å². The van der Waals surface area contributed by atoms with Crippen LogP contribution in [0, 0.1) is 18.2 Å². The van der Waals surface area contributed by atoms with E-state index in [1.54, 1.807) is 4.90 Å². The van der Waals surface area contributed by atoms with Crippen LogP contribution in [0.2, 0.25) is 5.02 Å². The molecule has 24 heavy (non-hydrogen) atoms. The Bertz CT molecular complexity index is 802. The van der Waals surface area contributed by atoms with E-state index in [0.29, 0.717) is 18.1 Å². The molecule has 7 heteroatoms. The highest BCUT2D eigenvalue weighted by Gasteiger charge is 2.53. The molecule has 1 saturated heterocycles. The molecule has 5 nitrogen and oxygen atoms in total. The molecule has 1 aliphatic carbocycles. The van der Waals surface area contributed by atoms with Crippen molar-refractivity contribution < 1.29 is 9.18 Å². The van der Waals surface area contributed by atoms with Gasteiger partial charge in [-0.1, -0.05) is 18.0 Å². The maximum atomic E-state index is 14.0. The van der Waals surface area contributed by atoms with Crippen LogP contribution in [0.3, 0.4) is 0 Å². The summed E-state index contributed by atoms with van der Waals surface area (Å²) in [5, 5.41) is 7.55. The maximum absolute atomic E-state index is 14.0. The van der Waals surface area contributed by atoms with E-state index in [4.69, 9.17) is 11.6 Å². The zero-order valence-corrected chi connectivity index (χ0v) is 14.1. The van der Waals surface area contributed by atoms with E-state index in [-0.39, 0.29) is 22.8 Å². The average Bonchev–Trinajstić information content (AvgIpc) is 3.12. The highest BCUT2D eigenvalue weighted by atomic mass is 35.5. The van der Waals surface area contributed by atoms with Crippen molar-refractivity contribution in [3.05, 3.63) is 46.3 Å². The van der Waals surface area contributed by atoms with Crippen LogP contribution in [0.15, 0.2) is 18.2 Å². The Morgan fingerprint density at radius 2 is 2.25 bits per heavy atom. The Morgan fingerprint density at radius 3 is 2.88 bits per heavy atom. The number of amides is 1. The zero-order chi connectivity index (χ0) is 16.9. The van der Waals surface area contributed by atoms with E-state index < -0.39 is 5.82 Å². The van der Waals surface area contributed by atoms with Crippen LogP contribution in [0.25, 0.3) is 0 Å². The molecule has 1 saturated carbocycles. The Morgan fingerprint density at radius 1 is 1.46 bits per heavy atom. The summed E-state index contributed by atoms with van der Waals surface area (Å²) in [7, 11) is 0. The van der Waals surface area contributed by atoms with Crippen LogP contribution < -0.4 is 0 Å². The van der Waals surface area contributed by atoms with Crippen LogP contribution in [0.1, 0.15) is 47.2 Å². The minimum Gasteiger partial charge on any atom is -0.337 e. The first kappa shape index (κ1) is 15.6. The molecule has 2 fully saturated rings. The van der Waals surface area contributed by atoms with Crippen molar-refractivity contribution in [2.24, 2.45) is 5.41 Å². The van der Waals surface area contributed by atoms with E-state index >= 15 is 0 Å². The summed E-state index contributed by atoms with van der Waals surface area (Å²) in [5.41, 5.74) is 0.0584. The van der Waals surface area contributed by atoms with Gasteiger partial charge in [0.25, 0.3) is 5.91 Å². The first-order chi connectivity index (χ1) is 11.5. The van der Waals surface area contributed by atoms with Crippen LogP contribution in [0.5, 0.6) is 0 Å². The number of nitrogens with one attached hydrogen (secondary N) is 1. The molecule has 0 bridgehead atoms. The Labute approximate surface area is 144 Å². The van der Waals surface area contributed by atoms with Gasteiger partial charge in [0.2, 0.25) is 0 Å². The third-order valence-electron chi connectivity index (χ3n) is 5.37. The van der Waals surface area contributed by atoms with Gasteiger partial charge in [-0.15, -0.1) is 0 Å². The van der Waals surface area contributed by atoms with Crippen molar-refractivity contribution in [1.29, 1.82) is 0 Å². The topological polar surface area (TPSA) is 61.9 Å². The quantitative estimate of drug-likeness (QED) is 0.905. The molecule has 1 spiro atoms. The molecule has 1 aliphatic heterocycles. The third-order valence-corrected chi connectivity index (χ3v) is 5.60. The van der Waals surface area contributed by atoms with E-state index in [1.807, 2.05) is 6.92 Å². The predicted molar refractivity (Wildman–Crippen MR) is 87.5 cm³/mol. The molecule has 2 heterocycles. The summed E-state index contributed by atoms with van der Waals surface area (Å²) >= 11 is 5.93. The highest BCUT2D eigenvalue weighted by Crippen LogP contribution is 2.55. The lowest BCUT2D eigenvalue weighted by molar-refractivity contribution is 0.0719. The van der Waals surface area contributed by atoms with Crippen LogP contribution in [-0.4, -0.2) is 39.1 Å². The fourth-order valence-corrected chi connectivity index (χ4v) is 4.14. The number of carbonyl (C=O) groups is 1. The molecule has 2 aliphatic rings. The van der Waals surface area contributed by atoms with Gasteiger partial charge in [-0.3, -0.25) is 9.89 Å². The van der Waals surface area contributed by atoms with Gasteiger partial charge in [0.15, 0.2) is 5.82 Å². The van der Waals surface area contributed by atoms with E-state index in [9.17, 15) is 9.18 Å². The Balaban J connectivity index is 1.63. The fourth-order valence-electron chi connectivity index (χ4n) is 3.96. The van der Waals surface area contributed by atoms with Crippen molar-refractivity contribution in [2.45, 2.75) is 32.1 Å². The van der Waals surface area contributed by atoms with E-state index in [0.717, 1.165) is 30.9 Å². The average molecular weight is 349 g/mol. The largest absolute Gasteiger partial charge is 0.337 e. The molecule has 1 unspecified atom stereocenters. The maximum Gasteiger partial charge on any atom is 0.256 e. The van der Waals surface area contributed by atoms with Crippen molar-refractivity contribution in [1.82, 2.24) is 20.1 Å². The monoisotopic (exact) mass is 348 g/mol. The smallest absolute Gasteiger partial charge is 0.256 e. The SMILES string of the molecule is Cc1nc(C2CN(C(=O)c3cc(Cl)ccc3F)CC23CCC3)n[nH]1. The van der Waals surface area contributed by atoms with Crippen LogP contribution >= 0.6 is 11.6 Å². The van der Waals surface area contributed by atoms with Gasteiger partial charge < -0.3 is 4.90 Å². The van der Waals surface area contributed by atoms with Gasteiger partial charge >= 0.3 is 0 Å². The summed E-state index contributed by atoms with van der Waals surface area (Å²) < 4.78 is 14.0. The van der Waals surface area contributed by atoms with E-state index in [2.05, 4.69) is 15.2 Å². The molecular weight excluding hydrogens is 331 g/mol. The molecule has 1 amide bonds. The molecular formula is C17H18ClFN4O. The first-order valence-corrected chi connectivity index (χ1v) is 8.49. The van der Waals surface area contributed by atoms with Crippen molar-refractivity contribution >= 4 is 17.5 Å². The molecule has 4 rings (SSSR count). The number of rotatable bonds is 2. The summed E-state index contributed by atoms with van der Waals surface area (Å²) in [5.74, 6) is 0.780. The zero-order valence-electron chi connectivity index (χ0n) is 13.4. The number of aromatic nitrogens is 3. The van der Waals surface area contributed by atoms with Gasteiger partial charge in [-0.2, -0.15) is 5.10 Å². The summed E-state index contributed by atoms with van der Waals surface area (Å²) in [6.45, 7) is 3.00. The Hall–Kier alpha value is -1.95.